The molecule has 35 heavy (non-hydrogen) atoms. The van der Waals surface area contributed by atoms with Crippen molar-refractivity contribution in [1.29, 1.82) is 0 Å². The van der Waals surface area contributed by atoms with Crippen molar-refractivity contribution in [3.63, 3.8) is 0 Å². The SMILES string of the molecule is C[C@H](O)CN1CCN(Cc2ccc(C(=O)NC(CC(=O)O)C(=O)O)cc2)CCN(C[C@H](C)O)CC1. The monoisotopic (exact) mass is 494 g/mol. The molecule has 0 aliphatic carbocycles. The van der Waals surface area contributed by atoms with Crippen LogP contribution in [0.5, 0.6) is 0 Å². The summed E-state index contributed by atoms with van der Waals surface area (Å²) in [6, 6.07) is 5.30. The zero-order valence-electron chi connectivity index (χ0n) is 20.5. The van der Waals surface area contributed by atoms with Gasteiger partial charge < -0.3 is 25.7 Å². The highest BCUT2D eigenvalue weighted by molar-refractivity contribution is 5.97. The third-order valence-electron chi connectivity index (χ3n) is 5.85. The molecule has 1 aromatic carbocycles. The van der Waals surface area contributed by atoms with Crippen LogP contribution in [-0.4, -0.2) is 124 Å². The van der Waals surface area contributed by atoms with Crippen LogP contribution < -0.4 is 5.32 Å². The molecule has 0 aromatic heterocycles. The Morgan fingerprint density at radius 3 is 1.69 bits per heavy atom. The fourth-order valence-electron chi connectivity index (χ4n) is 4.09. The second kappa shape index (κ2) is 14.1. The molecule has 1 aromatic rings. The Labute approximate surface area is 205 Å². The lowest BCUT2D eigenvalue weighted by molar-refractivity contribution is -0.145. The van der Waals surface area contributed by atoms with Crippen molar-refractivity contribution in [2.75, 3.05) is 52.4 Å². The molecule has 1 aliphatic rings. The van der Waals surface area contributed by atoms with Crippen LogP contribution in [0.25, 0.3) is 0 Å². The number of hydrogen-bond acceptors (Lipinski definition) is 8. The van der Waals surface area contributed by atoms with Gasteiger partial charge in [0.25, 0.3) is 5.91 Å². The van der Waals surface area contributed by atoms with Crippen molar-refractivity contribution < 1.29 is 34.8 Å². The van der Waals surface area contributed by atoms with Crippen molar-refractivity contribution in [2.45, 2.75) is 45.1 Å². The number of β-amino-alcohol motifs (C(OH)–C–C–N with tert-alkyl or cyclic N) is 2. The number of aliphatic carboxylic acids is 2. The summed E-state index contributed by atoms with van der Waals surface area (Å²) in [5, 5.41) is 39.9. The average Bonchev–Trinajstić information content (AvgIpc) is 2.85. The Bertz CT molecular complexity index is 810. The first kappa shape index (κ1) is 28.7. The normalized spacial score (nSPS) is 19.1. The number of amides is 1. The molecule has 1 unspecified atom stereocenters. The molecule has 1 saturated heterocycles. The van der Waals surface area contributed by atoms with Gasteiger partial charge in [0.15, 0.2) is 0 Å². The molecule has 0 radical (unpaired) electrons. The molecule has 1 amide bonds. The molecule has 11 heteroatoms. The van der Waals surface area contributed by atoms with Crippen molar-refractivity contribution in [3.8, 4) is 0 Å². The van der Waals surface area contributed by atoms with Crippen LogP contribution in [-0.2, 0) is 16.1 Å². The molecule has 1 fully saturated rings. The highest BCUT2D eigenvalue weighted by atomic mass is 16.4. The second-order valence-corrected chi connectivity index (χ2v) is 9.23. The van der Waals surface area contributed by atoms with Crippen LogP contribution in [0.2, 0.25) is 0 Å². The number of aliphatic hydroxyl groups is 2. The summed E-state index contributed by atoms with van der Waals surface area (Å²) < 4.78 is 0. The molecule has 0 bridgehead atoms. The summed E-state index contributed by atoms with van der Waals surface area (Å²) >= 11 is 0. The minimum Gasteiger partial charge on any atom is -0.481 e. The highest BCUT2D eigenvalue weighted by Gasteiger charge is 2.24. The Balaban J connectivity index is 2.03. The third-order valence-corrected chi connectivity index (χ3v) is 5.85. The highest BCUT2D eigenvalue weighted by Crippen LogP contribution is 2.11. The number of benzene rings is 1. The van der Waals surface area contributed by atoms with Crippen molar-refractivity contribution in [3.05, 3.63) is 35.4 Å². The molecule has 1 aliphatic heterocycles. The van der Waals surface area contributed by atoms with Crippen molar-refractivity contribution >= 4 is 17.8 Å². The van der Waals surface area contributed by atoms with Gasteiger partial charge in [0.05, 0.1) is 18.6 Å². The lowest BCUT2D eigenvalue weighted by atomic mass is 10.1. The zero-order valence-corrected chi connectivity index (χ0v) is 20.5. The quantitative estimate of drug-likeness (QED) is 0.273. The Hall–Kier alpha value is -2.57. The zero-order chi connectivity index (χ0) is 26.0. The first-order chi connectivity index (χ1) is 16.5. The fourth-order valence-corrected chi connectivity index (χ4v) is 4.09. The standard InChI is InChI=1S/C24H38N4O7/c1-17(29)14-26-7-8-27(15-18(2)30)10-12-28(11-9-26)16-19-3-5-20(6-4-19)23(33)25-21(24(34)35)13-22(31)32/h3-6,17-18,21,29-30H,7-16H2,1-2H3,(H,25,33)(H,31,32)(H,34,35)/t17-,18-,21?/m0/s1. The lowest BCUT2D eigenvalue weighted by Gasteiger charge is -2.27. The van der Waals surface area contributed by atoms with Crippen LogP contribution in [0.15, 0.2) is 24.3 Å². The summed E-state index contributed by atoms with van der Waals surface area (Å²) in [6.45, 7) is 10.2. The summed E-state index contributed by atoms with van der Waals surface area (Å²) in [4.78, 5) is 41.1. The fraction of sp³-hybridized carbons (Fsp3) is 0.625. The van der Waals surface area contributed by atoms with E-state index >= 15 is 0 Å². The number of aliphatic hydroxyl groups excluding tert-OH is 2. The maximum Gasteiger partial charge on any atom is 0.326 e. The Morgan fingerprint density at radius 1 is 0.829 bits per heavy atom. The molecule has 11 nitrogen and oxygen atoms in total. The summed E-state index contributed by atoms with van der Waals surface area (Å²) in [5.41, 5.74) is 1.23. The van der Waals surface area contributed by atoms with Gasteiger partial charge >= 0.3 is 11.9 Å². The first-order valence-corrected chi connectivity index (χ1v) is 11.9. The first-order valence-electron chi connectivity index (χ1n) is 11.9. The number of carbonyl (C=O) groups is 3. The van der Waals surface area contributed by atoms with Gasteiger partial charge in [0.2, 0.25) is 0 Å². The van der Waals surface area contributed by atoms with Crippen molar-refractivity contribution in [2.24, 2.45) is 0 Å². The van der Waals surface area contributed by atoms with Gasteiger partial charge in [0.1, 0.15) is 6.04 Å². The van der Waals surface area contributed by atoms with Crippen molar-refractivity contribution in [1.82, 2.24) is 20.0 Å². The molecular weight excluding hydrogens is 456 g/mol. The minimum absolute atomic E-state index is 0.251. The summed E-state index contributed by atoms with van der Waals surface area (Å²) in [5.74, 6) is -3.36. The largest absolute Gasteiger partial charge is 0.481 e. The van der Waals surface area contributed by atoms with E-state index in [1.807, 2.05) is 0 Å². The maximum absolute atomic E-state index is 12.4. The molecule has 3 atom stereocenters. The van der Waals surface area contributed by atoms with E-state index in [4.69, 9.17) is 10.2 Å². The Morgan fingerprint density at radius 2 is 1.29 bits per heavy atom. The van der Waals surface area contributed by atoms with Crippen LogP contribution in [0.1, 0.15) is 36.2 Å². The molecule has 196 valence electrons. The predicted molar refractivity (Wildman–Crippen MR) is 129 cm³/mol. The van der Waals surface area contributed by atoms with Crippen LogP contribution in [0, 0.1) is 0 Å². The topological polar surface area (TPSA) is 154 Å². The molecule has 0 saturated carbocycles. The average molecular weight is 495 g/mol. The molecule has 2 rings (SSSR count). The van der Waals surface area contributed by atoms with E-state index in [2.05, 4.69) is 20.0 Å². The van der Waals surface area contributed by atoms with E-state index in [0.717, 1.165) is 44.8 Å². The third kappa shape index (κ3) is 10.7. The van der Waals surface area contributed by atoms with E-state index in [0.29, 0.717) is 19.6 Å². The van der Waals surface area contributed by atoms with Gasteiger partial charge in [-0.2, -0.15) is 0 Å². The van der Waals surface area contributed by atoms with Gasteiger partial charge in [-0.3, -0.25) is 24.3 Å². The summed E-state index contributed by atoms with van der Waals surface area (Å²) in [7, 11) is 0. The lowest BCUT2D eigenvalue weighted by Crippen LogP contribution is -2.42. The van der Waals surface area contributed by atoms with E-state index in [9.17, 15) is 24.6 Å². The van der Waals surface area contributed by atoms with Gasteiger partial charge in [0, 0.05) is 64.5 Å². The van der Waals surface area contributed by atoms with Gasteiger partial charge in [-0.1, -0.05) is 12.1 Å². The van der Waals surface area contributed by atoms with E-state index in [1.165, 1.54) is 0 Å². The number of hydrogen-bond donors (Lipinski definition) is 5. The van der Waals surface area contributed by atoms with Crippen LogP contribution in [0.4, 0.5) is 0 Å². The molecule has 5 N–H and O–H groups in total. The number of nitrogens with zero attached hydrogens (tertiary/aromatic N) is 3. The number of carbonyl (C=O) groups excluding carboxylic acids is 1. The van der Waals surface area contributed by atoms with Crippen LogP contribution >= 0.6 is 0 Å². The van der Waals surface area contributed by atoms with E-state index in [-0.39, 0.29) is 5.56 Å². The van der Waals surface area contributed by atoms with Crippen LogP contribution in [0.3, 0.4) is 0 Å². The number of rotatable bonds is 11. The van der Waals surface area contributed by atoms with Gasteiger partial charge in [-0.15, -0.1) is 0 Å². The van der Waals surface area contributed by atoms with E-state index in [1.54, 1.807) is 38.1 Å². The van der Waals surface area contributed by atoms with Gasteiger partial charge in [-0.05, 0) is 31.5 Å². The molecule has 0 spiro atoms. The maximum atomic E-state index is 12.4. The smallest absolute Gasteiger partial charge is 0.326 e. The number of carboxylic acid groups (broad SMARTS) is 2. The number of carboxylic acids is 2. The molecule has 1 heterocycles. The Kier molecular flexibility index (Phi) is 11.5. The summed E-state index contributed by atoms with van der Waals surface area (Å²) in [6.07, 6.45) is -1.56. The number of nitrogens with one attached hydrogen (secondary N) is 1. The van der Waals surface area contributed by atoms with Gasteiger partial charge in [-0.25, -0.2) is 4.79 Å². The minimum atomic E-state index is -1.50. The second-order valence-electron chi connectivity index (χ2n) is 9.23. The molecular formula is C24H38N4O7. The van der Waals surface area contributed by atoms with E-state index < -0.39 is 42.5 Å². The predicted octanol–water partition coefficient (Wildman–Crippen LogP) is -0.474.